The minimum atomic E-state index is 0.496. The monoisotopic (exact) mass is 454 g/mol. The Hall–Kier alpha value is -4.15. The highest BCUT2D eigenvalue weighted by Crippen LogP contribution is 2.35. The fourth-order valence-electron chi connectivity index (χ4n) is 3.33. The Morgan fingerprint density at radius 1 is 1.06 bits per heavy atom. The lowest BCUT2D eigenvalue weighted by molar-refractivity contribution is -0.105. The Balaban J connectivity index is 1.60. The van der Waals surface area contributed by atoms with Crippen molar-refractivity contribution >= 4 is 34.4 Å². The highest BCUT2D eigenvalue weighted by atomic mass is 32.1. The predicted octanol–water partition coefficient (Wildman–Crippen LogP) is 5.81. The van der Waals surface area contributed by atoms with Crippen molar-refractivity contribution in [3.63, 3.8) is 0 Å². The van der Waals surface area contributed by atoms with E-state index in [1.165, 1.54) is 11.3 Å². The summed E-state index contributed by atoms with van der Waals surface area (Å²) in [6, 6.07) is 27.5. The molecule has 0 aliphatic heterocycles. The van der Waals surface area contributed by atoms with Crippen molar-refractivity contribution in [2.24, 2.45) is 0 Å². The van der Waals surface area contributed by atoms with E-state index in [0.717, 1.165) is 32.6 Å². The number of rotatable bonds is 9. The van der Waals surface area contributed by atoms with Crippen LogP contribution in [0.3, 0.4) is 0 Å². The Bertz CT molecular complexity index is 1260. The van der Waals surface area contributed by atoms with E-state index in [9.17, 15) is 4.79 Å². The Morgan fingerprint density at radius 3 is 2.55 bits per heavy atom. The van der Waals surface area contributed by atoms with Gasteiger partial charge in [-0.15, -0.1) is 0 Å². The lowest BCUT2D eigenvalue weighted by atomic mass is 10.1. The van der Waals surface area contributed by atoms with Gasteiger partial charge in [0.05, 0.1) is 18.2 Å². The molecule has 7 heteroatoms. The van der Waals surface area contributed by atoms with Crippen LogP contribution in [-0.2, 0) is 17.9 Å². The fourth-order valence-corrected chi connectivity index (χ4v) is 4.22. The largest absolute Gasteiger partial charge is 0.489 e. The zero-order valence-electron chi connectivity index (χ0n) is 18.1. The lowest BCUT2D eigenvalue weighted by Crippen LogP contribution is -2.16. The molecule has 3 aromatic carbocycles. The molecule has 164 valence electrons. The second-order valence-corrected chi connectivity index (χ2v) is 8.51. The second kappa shape index (κ2) is 10.4. The molecule has 0 aliphatic carbocycles. The molecule has 4 rings (SSSR count). The number of thiazole rings is 1. The SMILES string of the molecule is Cc1sc(N(Cc2cccc(OCc3ccccc3)c2)c2ccc(C#N)cc2)nc1NC=O. The van der Waals surface area contributed by atoms with Crippen molar-refractivity contribution in [2.75, 3.05) is 10.2 Å². The van der Waals surface area contributed by atoms with Gasteiger partial charge in [0.2, 0.25) is 6.41 Å². The molecule has 0 atom stereocenters. The maximum Gasteiger partial charge on any atom is 0.212 e. The van der Waals surface area contributed by atoms with Crippen LogP contribution in [0.5, 0.6) is 5.75 Å². The van der Waals surface area contributed by atoms with Gasteiger partial charge in [0.25, 0.3) is 0 Å². The highest BCUT2D eigenvalue weighted by Gasteiger charge is 2.17. The first-order valence-corrected chi connectivity index (χ1v) is 11.2. The van der Waals surface area contributed by atoms with Crippen LogP contribution in [0.2, 0.25) is 0 Å². The average Bonchev–Trinajstić information content (AvgIpc) is 3.22. The van der Waals surface area contributed by atoms with Crippen molar-refractivity contribution in [1.82, 2.24) is 4.98 Å². The van der Waals surface area contributed by atoms with Gasteiger partial charge in [0.15, 0.2) is 5.13 Å². The summed E-state index contributed by atoms with van der Waals surface area (Å²) < 4.78 is 5.99. The standard InChI is InChI=1S/C26H22N4O2S/c1-19-25(28-18-31)29-26(33-19)30(23-12-10-20(15-27)11-13-23)16-22-8-5-9-24(14-22)32-17-21-6-3-2-4-7-21/h2-14,18H,16-17H2,1H3,(H,28,31). The molecule has 0 saturated heterocycles. The summed E-state index contributed by atoms with van der Waals surface area (Å²) in [6.07, 6.45) is 0.630. The highest BCUT2D eigenvalue weighted by molar-refractivity contribution is 7.16. The number of aromatic nitrogens is 1. The van der Waals surface area contributed by atoms with Gasteiger partial charge in [-0.3, -0.25) is 4.79 Å². The number of nitriles is 1. The molecule has 0 aliphatic rings. The summed E-state index contributed by atoms with van der Waals surface area (Å²) in [5.74, 6) is 1.33. The molecular formula is C26H22N4O2S. The van der Waals surface area contributed by atoms with Crippen molar-refractivity contribution in [1.29, 1.82) is 5.26 Å². The first-order chi connectivity index (χ1) is 16.2. The van der Waals surface area contributed by atoms with E-state index in [0.29, 0.717) is 30.9 Å². The predicted molar refractivity (Wildman–Crippen MR) is 131 cm³/mol. The molecule has 0 radical (unpaired) electrons. The van der Waals surface area contributed by atoms with Crippen LogP contribution in [0.4, 0.5) is 16.6 Å². The summed E-state index contributed by atoms with van der Waals surface area (Å²) in [6.45, 7) is 2.96. The number of hydrogen-bond acceptors (Lipinski definition) is 6. The summed E-state index contributed by atoms with van der Waals surface area (Å²) in [7, 11) is 0. The van der Waals surface area contributed by atoms with Gasteiger partial charge in [0.1, 0.15) is 18.2 Å². The number of anilines is 3. The third-order valence-corrected chi connectivity index (χ3v) is 6.00. The van der Waals surface area contributed by atoms with Crippen LogP contribution < -0.4 is 15.0 Å². The molecule has 0 saturated carbocycles. The molecule has 1 amide bonds. The van der Waals surface area contributed by atoms with Crippen LogP contribution in [0.15, 0.2) is 78.9 Å². The van der Waals surface area contributed by atoms with Crippen LogP contribution in [0.1, 0.15) is 21.6 Å². The molecule has 1 heterocycles. The van der Waals surface area contributed by atoms with Gasteiger partial charge < -0.3 is 15.0 Å². The number of amides is 1. The lowest BCUT2D eigenvalue weighted by Gasteiger charge is -2.22. The zero-order chi connectivity index (χ0) is 23.0. The molecule has 4 aromatic rings. The van der Waals surface area contributed by atoms with E-state index in [1.807, 2.05) is 73.7 Å². The van der Waals surface area contributed by atoms with Crippen LogP contribution in [0, 0.1) is 18.3 Å². The number of ether oxygens (including phenoxy) is 1. The summed E-state index contributed by atoms with van der Waals surface area (Å²) in [5, 5.41) is 12.6. The van der Waals surface area contributed by atoms with Gasteiger partial charge >= 0.3 is 0 Å². The molecular weight excluding hydrogens is 432 g/mol. The number of nitrogens with one attached hydrogen (secondary N) is 1. The minimum Gasteiger partial charge on any atom is -0.489 e. The van der Waals surface area contributed by atoms with Crippen molar-refractivity contribution in [2.45, 2.75) is 20.1 Å². The minimum absolute atomic E-state index is 0.496. The van der Waals surface area contributed by atoms with E-state index in [2.05, 4.69) is 21.3 Å². The molecule has 0 bridgehead atoms. The number of benzene rings is 3. The van der Waals surface area contributed by atoms with E-state index in [4.69, 9.17) is 10.00 Å². The topological polar surface area (TPSA) is 78.2 Å². The number of aryl methyl sites for hydroxylation is 1. The molecule has 6 nitrogen and oxygen atoms in total. The van der Waals surface area contributed by atoms with Gasteiger partial charge in [-0.2, -0.15) is 5.26 Å². The van der Waals surface area contributed by atoms with Crippen LogP contribution in [0.25, 0.3) is 0 Å². The van der Waals surface area contributed by atoms with E-state index in [1.54, 1.807) is 12.1 Å². The van der Waals surface area contributed by atoms with E-state index >= 15 is 0 Å². The maximum atomic E-state index is 10.9. The second-order valence-electron chi connectivity index (χ2n) is 7.33. The number of nitrogens with zero attached hydrogens (tertiary/aromatic N) is 3. The zero-order valence-corrected chi connectivity index (χ0v) is 18.9. The summed E-state index contributed by atoms with van der Waals surface area (Å²) >= 11 is 1.50. The van der Waals surface area contributed by atoms with E-state index < -0.39 is 0 Å². The summed E-state index contributed by atoms with van der Waals surface area (Å²) in [4.78, 5) is 18.5. The first-order valence-electron chi connectivity index (χ1n) is 10.4. The maximum absolute atomic E-state index is 10.9. The van der Waals surface area contributed by atoms with Gasteiger partial charge in [-0.05, 0) is 54.4 Å². The normalized spacial score (nSPS) is 10.3. The van der Waals surface area contributed by atoms with Crippen LogP contribution in [-0.4, -0.2) is 11.4 Å². The number of hydrogen-bond donors (Lipinski definition) is 1. The molecule has 0 fully saturated rings. The molecule has 1 aromatic heterocycles. The smallest absolute Gasteiger partial charge is 0.212 e. The Morgan fingerprint density at radius 2 is 1.82 bits per heavy atom. The van der Waals surface area contributed by atoms with E-state index in [-0.39, 0.29) is 0 Å². The van der Waals surface area contributed by atoms with Crippen molar-refractivity contribution < 1.29 is 9.53 Å². The van der Waals surface area contributed by atoms with Gasteiger partial charge in [0, 0.05) is 10.6 Å². The third-order valence-electron chi connectivity index (χ3n) is 5.01. The third kappa shape index (κ3) is 5.56. The summed E-state index contributed by atoms with van der Waals surface area (Å²) in [5.41, 5.74) is 3.64. The van der Waals surface area contributed by atoms with Gasteiger partial charge in [-0.1, -0.05) is 53.8 Å². The fraction of sp³-hybridized carbons (Fsp3) is 0.115. The van der Waals surface area contributed by atoms with Crippen LogP contribution >= 0.6 is 11.3 Å². The van der Waals surface area contributed by atoms with Crippen molar-refractivity contribution in [3.8, 4) is 11.8 Å². The quantitative estimate of drug-likeness (QED) is 0.323. The van der Waals surface area contributed by atoms with Gasteiger partial charge in [-0.25, -0.2) is 4.98 Å². The average molecular weight is 455 g/mol. The molecule has 0 spiro atoms. The first kappa shape index (κ1) is 22.1. The number of carbonyl (C=O) groups excluding carboxylic acids is 1. The molecule has 1 N–H and O–H groups in total. The molecule has 33 heavy (non-hydrogen) atoms. The van der Waals surface area contributed by atoms with Crippen molar-refractivity contribution in [3.05, 3.63) is 100 Å². The number of carbonyl (C=O) groups is 1. The Labute approximate surface area is 196 Å². The molecule has 0 unspecified atom stereocenters. The Kier molecular flexibility index (Phi) is 6.98.